The zero-order valence-corrected chi connectivity index (χ0v) is 12.9. The van der Waals surface area contributed by atoms with Gasteiger partial charge >= 0.3 is 0 Å². The maximum atomic E-state index is 12.5. The molecule has 0 radical (unpaired) electrons. The summed E-state index contributed by atoms with van der Waals surface area (Å²) >= 11 is 0. The Morgan fingerprint density at radius 3 is 2.55 bits per heavy atom. The Morgan fingerprint density at radius 1 is 1.14 bits per heavy atom. The molecule has 1 aromatic carbocycles. The van der Waals surface area contributed by atoms with E-state index in [2.05, 4.69) is 41.1 Å². The van der Waals surface area contributed by atoms with Gasteiger partial charge in [0.05, 0.1) is 0 Å². The molecule has 1 amide bonds. The van der Waals surface area contributed by atoms with Gasteiger partial charge in [-0.1, -0.05) is 30.3 Å². The lowest BCUT2D eigenvalue weighted by atomic mass is 10.1. The van der Waals surface area contributed by atoms with Crippen LogP contribution in [0.25, 0.3) is 0 Å². The van der Waals surface area contributed by atoms with Crippen molar-refractivity contribution < 1.29 is 4.79 Å². The minimum atomic E-state index is 0.105. The van der Waals surface area contributed by atoms with Gasteiger partial charge in [-0.05, 0) is 24.6 Å². The van der Waals surface area contributed by atoms with E-state index in [0.717, 1.165) is 31.7 Å². The molecule has 0 saturated carbocycles. The number of hydrogen-bond donors (Lipinski definition) is 0. The predicted molar refractivity (Wildman–Crippen MR) is 86.5 cm³/mol. The van der Waals surface area contributed by atoms with E-state index in [4.69, 9.17) is 0 Å². The average Bonchev–Trinajstić information content (AvgIpc) is 2.58. The average molecular weight is 295 g/mol. The van der Waals surface area contributed by atoms with Gasteiger partial charge < -0.3 is 4.90 Å². The van der Waals surface area contributed by atoms with Crippen LogP contribution in [0.4, 0.5) is 0 Å². The van der Waals surface area contributed by atoms with Gasteiger partial charge in [0.15, 0.2) is 0 Å². The number of pyridine rings is 1. The van der Waals surface area contributed by atoms with Crippen LogP contribution in [-0.2, 0) is 6.54 Å². The second-order valence-electron chi connectivity index (χ2n) is 5.79. The monoisotopic (exact) mass is 295 g/mol. The number of aromatic nitrogens is 1. The quantitative estimate of drug-likeness (QED) is 0.872. The van der Waals surface area contributed by atoms with Gasteiger partial charge in [-0.2, -0.15) is 0 Å². The number of hydrogen-bond acceptors (Lipinski definition) is 3. The second kappa shape index (κ2) is 6.71. The summed E-state index contributed by atoms with van der Waals surface area (Å²) in [6, 6.07) is 14.4. The van der Waals surface area contributed by atoms with Crippen molar-refractivity contribution >= 4 is 5.91 Å². The molecule has 2 aromatic rings. The molecule has 1 unspecified atom stereocenters. The van der Waals surface area contributed by atoms with Crippen molar-refractivity contribution in [3.8, 4) is 0 Å². The summed E-state index contributed by atoms with van der Waals surface area (Å²) in [7, 11) is 0. The Morgan fingerprint density at radius 2 is 1.86 bits per heavy atom. The number of carbonyl (C=O) groups excluding carboxylic acids is 1. The van der Waals surface area contributed by atoms with E-state index in [0.29, 0.717) is 6.04 Å². The largest absolute Gasteiger partial charge is 0.336 e. The molecular weight excluding hydrogens is 274 g/mol. The molecule has 4 heteroatoms. The van der Waals surface area contributed by atoms with Gasteiger partial charge in [-0.25, -0.2) is 0 Å². The molecule has 4 nitrogen and oxygen atoms in total. The first-order chi connectivity index (χ1) is 10.7. The Hall–Kier alpha value is -2.20. The number of amides is 1. The van der Waals surface area contributed by atoms with Crippen LogP contribution in [0, 0.1) is 0 Å². The Bertz CT molecular complexity index is 615. The summed E-state index contributed by atoms with van der Waals surface area (Å²) in [5.74, 6) is 0.105. The van der Waals surface area contributed by atoms with Crippen LogP contribution in [0.2, 0.25) is 0 Å². The second-order valence-corrected chi connectivity index (χ2v) is 5.79. The fraction of sp³-hybridized carbons (Fsp3) is 0.333. The molecule has 114 valence electrons. The lowest BCUT2D eigenvalue weighted by Crippen LogP contribution is -2.53. The molecule has 3 rings (SSSR count). The molecule has 0 aliphatic carbocycles. The Balaban J connectivity index is 1.61. The van der Waals surface area contributed by atoms with Gasteiger partial charge in [-0.15, -0.1) is 0 Å². The molecule has 22 heavy (non-hydrogen) atoms. The zero-order chi connectivity index (χ0) is 15.4. The van der Waals surface area contributed by atoms with Crippen LogP contribution in [0.1, 0.15) is 22.8 Å². The molecule has 2 heterocycles. The minimum Gasteiger partial charge on any atom is -0.336 e. The Labute approximate surface area is 131 Å². The molecule has 1 aromatic heterocycles. The third kappa shape index (κ3) is 3.34. The molecule has 1 saturated heterocycles. The number of piperazine rings is 1. The SMILES string of the molecule is CC1CN(C(=O)c2ccncc2)CCN1Cc1ccccc1. The molecular formula is C18H21N3O. The summed E-state index contributed by atoms with van der Waals surface area (Å²) in [5.41, 5.74) is 2.04. The van der Waals surface area contributed by atoms with Crippen molar-refractivity contribution in [3.05, 3.63) is 66.0 Å². The predicted octanol–water partition coefficient (Wildman–Crippen LogP) is 2.43. The topological polar surface area (TPSA) is 36.4 Å². The molecule has 1 aliphatic heterocycles. The van der Waals surface area contributed by atoms with E-state index in [9.17, 15) is 4.79 Å². The van der Waals surface area contributed by atoms with Crippen molar-refractivity contribution in [3.63, 3.8) is 0 Å². The van der Waals surface area contributed by atoms with E-state index in [-0.39, 0.29) is 5.91 Å². The van der Waals surface area contributed by atoms with Crippen LogP contribution in [0.3, 0.4) is 0 Å². The van der Waals surface area contributed by atoms with Crippen molar-refractivity contribution in [1.82, 2.24) is 14.8 Å². The highest BCUT2D eigenvalue weighted by molar-refractivity contribution is 5.94. The van der Waals surface area contributed by atoms with Crippen molar-refractivity contribution in [2.45, 2.75) is 19.5 Å². The summed E-state index contributed by atoms with van der Waals surface area (Å²) in [6.07, 6.45) is 3.34. The molecule has 1 fully saturated rings. The van der Waals surface area contributed by atoms with Crippen LogP contribution >= 0.6 is 0 Å². The van der Waals surface area contributed by atoms with E-state index < -0.39 is 0 Å². The zero-order valence-electron chi connectivity index (χ0n) is 12.9. The lowest BCUT2D eigenvalue weighted by Gasteiger charge is -2.40. The summed E-state index contributed by atoms with van der Waals surface area (Å²) in [5, 5.41) is 0. The Kier molecular flexibility index (Phi) is 4.49. The van der Waals surface area contributed by atoms with Gasteiger partial charge in [0, 0.05) is 50.2 Å². The highest BCUT2D eigenvalue weighted by atomic mass is 16.2. The van der Waals surface area contributed by atoms with Gasteiger partial charge in [0.1, 0.15) is 0 Å². The number of benzene rings is 1. The van der Waals surface area contributed by atoms with Gasteiger partial charge in [0.25, 0.3) is 5.91 Å². The fourth-order valence-electron chi connectivity index (χ4n) is 2.91. The molecule has 0 N–H and O–H groups in total. The molecule has 0 spiro atoms. The summed E-state index contributed by atoms with van der Waals surface area (Å²) < 4.78 is 0. The standard InChI is InChI=1S/C18H21N3O/c1-15-13-21(18(22)17-7-9-19-10-8-17)12-11-20(15)14-16-5-3-2-4-6-16/h2-10,15H,11-14H2,1H3. The maximum Gasteiger partial charge on any atom is 0.254 e. The van der Waals surface area contributed by atoms with E-state index in [1.54, 1.807) is 24.5 Å². The lowest BCUT2D eigenvalue weighted by molar-refractivity contribution is 0.0495. The highest BCUT2D eigenvalue weighted by Crippen LogP contribution is 2.15. The van der Waals surface area contributed by atoms with E-state index in [1.807, 2.05) is 11.0 Å². The van der Waals surface area contributed by atoms with Gasteiger partial charge in [0.2, 0.25) is 0 Å². The smallest absolute Gasteiger partial charge is 0.254 e. The van der Waals surface area contributed by atoms with Crippen LogP contribution in [0.15, 0.2) is 54.9 Å². The minimum absolute atomic E-state index is 0.105. The summed E-state index contributed by atoms with van der Waals surface area (Å²) in [4.78, 5) is 20.8. The van der Waals surface area contributed by atoms with Crippen LogP contribution in [-0.4, -0.2) is 46.4 Å². The van der Waals surface area contributed by atoms with Gasteiger partial charge in [-0.3, -0.25) is 14.7 Å². The van der Waals surface area contributed by atoms with Crippen molar-refractivity contribution in [1.29, 1.82) is 0 Å². The van der Waals surface area contributed by atoms with E-state index >= 15 is 0 Å². The number of carbonyl (C=O) groups is 1. The molecule has 1 aliphatic rings. The van der Waals surface area contributed by atoms with Crippen molar-refractivity contribution in [2.24, 2.45) is 0 Å². The number of rotatable bonds is 3. The van der Waals surface area contributed by atoms with Crippen LogP contribution in [0.5, 0.6) is 0 Å². The normalized spacial score (nSPS) is 19.1. The maximum absolute atomic E-state index is 12.5. The third-order valence-electron chi connectivity index (χ3n) is 4.21. The van der Waals surface area contributed by atoms with Crippen LogP contribution < -0.4 is 0 Å². The number of nitrogens with zero attached hydrogens (tertiary/aromatic N) is 3. The fourth-order valence-corrected chi connectivity index (χ4v) is 2.91. The first-order valence-electron chi connectivity index (χ1n) is 7.71. The molecule has 1 atom stereocenters. The van der Waals surface area contributed by atoms with Crippen molar-refractivity contribution in [2.75, 3.05) is 19.6 Å². The highest BCUT2D eigenvalue weighted by Gasteiger charge is 2.27. The molecule has 0 bridgehead atoms. The summed E-state index contributed by atoms with van der Waals surface area (Å²) in [6.45, 7) is 5.59. The van der Waals surface area contributed by atoms with E-state index in [1.165, 1.54) is 5.56 Å². The first kappa shape index (κ1) is 14.7. The third-order valence-corrected chi connectivity index (χ3v) is 4.21. The first-order valence-corrected chi connectivity index (χ1v) is 7.71.